The largest absolute Gasteiger partial charge is 0.429 e. The first kappa shape index (κ1) is 21.6. The first-order valence-corrected chi connectivity index (χ1v) is 9.68. The van der Waals surface area contributed by atoms with Crippen LogP contribution in [0.2, 0.25) is 0 Å². The van der Waals surface area contributed by atoms with Gasteiger partial charge in [-0.05, 0) is 83.6 Å². The van der Waals surface area contributed by atoms with Crippen molar-refractivity contribution >= 4 is 75.7 Å². The Morgan fingerprint density at radius 1 is 0.875 bits per heavy atom. The fraction of sp³-hybridized carbons (Fsp3) is 0.250. The average Bonchev–Trinajstić information content (AvgIpc) is 2.46. The van der Waals surface area contributed by atoms with E-state index in [1.54, 1.807) is 38.1 Å². The van der Waals surface area contributed by atoms with Gasteiger partial charge in [-0.1, -0.05) is 31.4 Å². The molecule has 4 nitrogen and oxygen atoms in total. The van der Waals surface area contributed by atoms with Gasteiger partial charge in [0.1, 0.15) is 0 Å². The molecule has 0 atom stereocenters. The minimum atomic E-state index is -1.25. The molecule has 0 saturated carbocycles. The molecule has 1 aromatic carbocycles. The predicted octanol–water partition coefficient (Wildman–Crippen LogP) is 5.73. The summed E-state index contributed by atoms with van der Waals surface area (Å²) in [5.74, 6) is -1.13. The zero-order valence-corrected chi connectivity index (χ0v) is 19.2. The van der Waals surface area contributed by atoms with Crippen LogP contribution >= 0.6 is 63.7 Å². The summed E-state index contributed by atoms with van der Waals surface area (Å²) in [4.78, 5) is 23.5. The number of esters is 2. The van der Waals surface area contributed by atoms with Gasteiger partial charge in [-0.15, -0.1) is 0 Å². The number of halogens is 4. The molecule has 0 spiro atoms. The molecule has 0 N–H and O–H groups in total. The van der Waals surface area contributed by atoms with E-state index in [4.69, 9.17) is 9.47 Å². The lowest BCUT2D eigenvalue weighted by Crippen LogP contribution is -2.22. The molecule has 0 aliphatic heterocycles. The van der Waals surface area contributed by atoms with Gasteiger partial charge in [0.2, 0.25) is 6.84 Å². The zero-order valence-electron chi connectivity index (χ0n) is 12.9. The van der Waals surface area contributed by atoms with Crippen LogP contribution in [0.3, 0.4) is 0 Å². The molecule has 0 bridgehead atoms. The Bertz CT molecular complexity index is 640. The van der Waals surface area contributed by atoms with E-state index >= 15 is 0 Å². The molecule has 1 aromatic rings. The van der Waals surface area contributed by atoms with Gasteiger partial charge in [0.05, 0.1) is 0 Å². The number of alkyl halides is 4. The molecule has 24 heavy (non-hydrogen) atoms. The highest BCUT2D eigenvalue weighted by atomic mass is 79.9. The van der Waals surface area contributed by atoms with Crippen LogP contribution in [0.1, 0.15) is 25.0 Å². The van der Waals surface area contributed by atoms with E-state index in [1.165, 1.54) is 0 Å². The third-order valence-corrected chi connectivity index (χ3v) is 5.15. The Balaban J connectivity index is 3.13. The van der Waals surface area contributed by atoms with E-state index in [2.05, 4.69) is 76.9 Å². The van der Waals surface area contributed by atoms with E-state index in [0.29, 0.717) is 11.1 Å². The van der Waals surface area contributed by atoms with Crippen LogP contribution in [0, 0.1) is 0 Å². The fourth-order valence-corrected chi connectivity index (χ4v) is 2.98. The predicted molar refractivity (Wildman–Crippen MR) is 107 cm³/mol. The number of ether oxygens (including phenoxy) is 2. The van der Waals surface area contributed by atoms with Crippen LogP contribution in [-0.2, 0) is 25.9 Å². The van der Waals surface area contributed by atoms with Crippen molar-refractivity contribution in [2.75, 3.05) is 0 Å². The average molecular weight is 590 g/mol. The third-order valence-electron chi connectivity index (χ3n) is 2.67. The van der Waals surface area contributed by atoms with E-state index in [1.807, 2.05) is 0 Å². The Hall–Kier alpha value is -0.440. The third kappa shape index (κ3) is 5.82. The minimum Gasteiger partial charge on any atom is -0.429 e. The monoisotopic (exact) mass is 586 g/mol. The summed E-state index contributed by atoms with van der Waals surface area (Å²) in [6, 6.07) is 6.87. The molecule has 0 amide bonds. The van der Waals surface area contributed by atoms with Gasteiger partial charge in [0, 0.05) is 22.3 Å². The minimum absolute atomic E-state index is 0.264. The summed E-state index contributed by atoms with van der Waals surface area (Å²) in [6.45, 7) is 10.2. The lowest BCUT2D eigenvalue weighted by Gasteiger charge is -2.25. The highest BCUT2D eigenvalue weighted by Crippen LogP contribution is 2.44. The van der Waals surface area contributed by atoms with Crippen molar-refractivity contribution in [3.05, 3.63) is 59.7 Å². The number of carbonyl (C=O) groups excluding carboxylic acids is 2. The second-order valence-electron chi connectivity index (χ2n) is 4.95. The van der Waals surface area contributed by atoms with Crippen molar-refractivity contribution in [2.45, 2.75) is 20.7 Å². The van der Waals surface area contributed by atoms with Crippen LogP contribution < -0.4 is 0 Å². The first-order valence-electron chi connectivity index (χ1n) is 6.51. The molecule has 0 heterocycles. The lowest BCUT2D eigenvalue weighted by atomic mass is 10.1. The maximum atomic E-state index is 11.8. The number of carbonyl (C=O) groups is 2. The van der Waals surface area contributed by atoms with E-state index in [9.17, 15) is 9.59 Å². The van der Waals surface area contributed by atoms with Crippen LogP contribution in [-0.4, -0.2) is 11.9 Å². The fourth-order valence-electron chi connectivity index (χ4n) is 1.41. The van der Waals surface area contributed by atoms with Gasteiger partial charge < -0.3 is 9.47 Å². The second kappa shape index (κ2) is 8.29. The van der Waals surface area contributed by atoms with Crippen molar-refractivity contribution in [1.82, 2.24) is 0 Å². The highest BCUT2D eigenvalue weighted by Gasteiger charge is 2.35. The topological polar surface area (TPSA) is 52.6 Å². The van der Waals surface area contributed by atoms with Gasteiger partial charge in [-0.3, -0.25) is 0 Å². The van der Waals surface area contributed by atoms with Crippen molar-refractivity contribution in [2.24, 2.45) is 0 Å². The molecule has 1 rings (SSSR count). The summed E-state index contributed by atoms with van der Waals surface area (Å²) in [5.41, 5.74) is 1.67. The molecule has 8 heteroatoms. The summed E-state index contributed by atoms with van der Waals surface area (Å²) in [7, 11) is 0. The molecule has 0 aliphatic rings. The number of rotatable bonds is 6. The summed E-state index contributed by atoms with van der Waals surface area (Å²) >= 11 is 13.3. The molecule has 0 unspecified atom stereocenters. The second-order valence-corrected chi connectivity index (χ2v) is 11.5. The molecule has 0 aliphatic carbocycles. The Labute approximate surface area is 174 Å². The maximum absolute atomic E-state index is 11.8. The van der Waals surface area contributed by atoms with Crippen LogP contribution in [0.15, 0.2) is 48.6 Å². The van der Waals surface area contributed by atoms with Crippen molar-refractivity contribution in [3.63, 3.8) is 0 Å². The normalized spacial score (nSPS) is 11.6. The van der Waals surface area contributed by atoms with Crippen LogP contribution in [0.4, 0.5) is 0 Å². The molecule has 0 fully saturated rings. The smallest absolute Gasteiger partial charge is 0.335 e. The van der Waals surface area contributed by atoms with Crippen molar-refractivity contribution in [3.8, 4) is 0 Å². The maximum Gasteiger partial charge on any atom is 0.335 e. The molecule has 0 saturated heterocycles. The van der Waals surface area contributed by atoms with Crippen LogP contribution in [0.5, 0.6) is 0 Å². The lowest BCUT2D eigenvalue weighted by molar-refractivity contribution is -0.142. The van der Waals surface area contributed by atoms with Crippen molar-refractivity contribution < 1.29 is 19.1 Å². The Morgan fingerprint density at radius 2 is 1.21 bits per heavy atom. The number of hydrogen-bond acceptors (Lipinski definition) is 4. The summed E-state index contributed by atoms with van der Waals surface area (Å²) in [5, 5.41) is 0. The van der Waals surface area contributed by atoms with Crippen molar-refractivity contribution in [1.29, 1.82) is 0 Å². The van der Waals surface area contributed by atoms with E-state index < -0.39 is 18.8 Å². The van der Waals surface area contributed by atoms with Gasteiger partial charge in [-0.25, -0.2) is 9.59 Å². The summed E-state index contributed by atoms with van der Waals surface area (Å²) < 4.78 is 8.13. The number of hydrogen-bond donors (Lipinski definition) is 0. The highest BCUT2D eigenvalue weighted by molar-refractivity contribution is 9.25. The van der Waals surface area contributed by atoms with E-state index in [-0.39, 0.29) is 11.1 Å². The molecular formula is C16H14Br4O4. The van der Waals surface area contributed by atoms with E-state index in [0.717, 1.165) is 0 Å². The van der Waals surface area contributed by atoms with Crippen LogP contribution in [0.25, 0.3) is 0 Å². The zero-order chi connectivity index (χ0) is 18.7. The Morgan fingerprint density at radius 3 is 1.50 bits per heavy atom. The van der Waals surface area contributed by atoms with Gasteiger partial charge in [0.15, 0.2) is 0 Å². The molecular weight excluding hydrogens is 576 g/mol. The molecule has 130 valence electrons. The summed E-state index contributed by atoms with van der Waals surface area (Å²) in [6.07, 6.45) is 0. The van der Waals surface area contributed by atoms with Gasteiger partial charge >= 0.3 is 11.9 Å². The quantitative estimate of drug-likeness (QED) is 0.242. The Kier molecular flexibility index (Phi) is 7.46. The van der Waals surface area contributed by atoms with Gasteiger partial charge in [-0.2, -0.15) is 0 Å². The standard InChI is InChI=1S/C16H14Br4O4/c1-9(2)13(21)23-15(17,18)11-6-5-7-12(8-11)16(19,20)24-14(22)10(3)4/h5-8H,1,3H2,2,4H3. The molecule has 0 radical (unpaired) electrons. The SMILES string of the molecule is C=C(C)C(=O)OC(Br)(Br)c1cccc(C(Br)(Br)OC(=O)C(=C)C)c1. The first-order chi connectivity index (χ1) is 10.9. The molecule has 0 aromatic heterocycles. The van der Waals surface area contributed by atoms with Gasteiger partial charge in [0.25, 0.3) is 0 Å². The number of benzene rings is 1.